The second kappa shape index (κ2) is 7.10. The van der Waals surface area contributed by atoms with Gasteiger partial charge >= 0.3 is 5.97 Å². The summed E-state index contributed by atoms with van der Waals surface area (Å²) < 4.78 is 1.04. The van der Waals surface area contributed by atoms with E-state index in [0.29, 0.717) is 17.0 Å². The van der Waals surface area contributed by atoms with Crippen molar-refractivity contribution >= 4 is 11.9 Å². The van der Waals surface area contributed by atoms with Crippen molar-refractivity contribution in [2.75, 3.05) is 0 Å². The molecule has 144 valence electrons. The molecule has 2 heterocycles. The lowest BCUT2D eigenvalue weighted by atomic mass is 9.92. The van der Waals surface area contributed by atoms with Crippen molar-refractivity contribution in [2.45, 2.75) is 26.3 Å². The van der Waals surface area contributed by atoms with Gasteiger partial charge in [-0.15, -0.1) is 0 Å². The Bertz CT molecular complexity index is 1080. The van der Waals surface area contributed by atoms with Crippen LogP contribution in [0.3, 0.4) is 0 Å². The average molecular weight is 381 g/mol. The van der Waals surface area contributed by atoms with Crippen LogP contribution in [0.1, 0.15) is 34.4 Å². The molecule has 1 atom stereocenters. The van der Waals surface area contributed by atoms with E-state index in [2.05, 4.69) is 20.4 Å². The van der Waals surface area contributed by atoms with Gasteiger partial charge in [0.2, 0.25) is 0 Å². The Hall–Kier alpha value is -3.75. The van der Waals surface area contributed by atoms with Crippen molar-refractivity contribution in [3.05, 3.63) is 75.5 Å². The lowest BCUT2D eigenvalue weighted by Gasteiger charge is -2.26. The zero-order chi connectivity index (χ0) is 20.5. The lowest BCUT2D eigenvalue weighted by molar-refractivity contribution is -0.144. The minimum Gasteiger partial charge on any atom is -0.479 e. The summed E-state index contributed by atoms with van der Waals surface area (Å²) in [5.41, 5.74) is -0.582. The summed E-state index contributed by atoms with van der Waals surface area (Å²) in [6.45, 7) is 4.90. The summed E-state index contributed by atoms with van der Waals surface area (Å²) in [4.78, 5) is 45.2. The number of aromatic nitrogens is 4. The number of hydrogen-bond donors (Lipinski definition) is 3. The Morgan fingerprint density at radius 2 is 1.71 bits per heavy atom. The van der Waals surface area contributed by atoms with Gasteiger partial charge in [0.25, 0.3) is 17.4 Å². The summed E-state index contributed by atoms with van der Waals surface area (Å²) in [5.74, 6) is -1.87. The first-order valence-electron chi connectivity index (χ1n) is 8.47. The molecule has 3 aromatic rings. The van der Waals surface area contributed by atoms with Crippen LogP contribution in [-0.4, -0.2) is 36.7 Å². The number of nitrogens with one attached hydrogen (secondary N) is 2. The van der Waals surface area contributed by atoms with Gasteiger partial charge in [-0.05, 0) is 32.4 Å². The molecule has 0 saturated heterocycles. The number of aliphatic carboxylic acids is 1. The Labute approximate surface area is 160 Å². The highest BCUT2D eigenvalue weighted by Gasteiger charge is 2.37. The molecule has 0 saturated carbocycles. The van der Waals surface area contributed by atoms with Crippen molar-refractivity contribution in [3.63, 3.8) is 0 Å². The van der Waals surface area contributed by atoms with E-state index in [1.807, 2.05) is 0 Å². The van der Waals surface area contributed by atoms with Crippen LogP contribution < -0.4 is 10.9 Å². The van der Waals surface area contributed by atoms with Crippen LogP contribution in [0.5, 0.6) is 0 Å². The van der Waals surface area contributed by atoms with Crippen molar-refractivity contribution in [2.24, 2.45) is 0 Å². The van der Waals surface area contributed by atoms with Gasteiger partial charge in [0.1, 0.15) is 5.69 Å². The Morgan fingerprint density at radius 3 is 2.29 bits per heavy atom. The van der Waals surface area contributed by atoms with Crippen LogP contribution in [0.25, 0.3) is 5.95 Å². The van der Waals surface area contributed by atoms with Crippen LogP contribution in [-0.2, 0) is 10.3 Å². The number of carboxylic acid groups (broad SMARTS) is 1. The molecule has 0 spiro atoms. The highest BCUT2D eigenvalue weighted by Crippen LogP contribution is 2.21. The fraction of sp³-hybridized carbons (Fsp3) is 0.211. The largest absolute Gasteiger partial charge is 0.479 e. The summed E-state index contributed by atoms with van der Waals surface area (Å²) in [5, 5.41) is 14.8. The molecule has 1 aromatic carbocycles. The van der Waals surface area contributed by atoms with Gasteiger partial charge in [-0.2, -0.15) is 4.68 Å². The number of aromatic amines is 1. The number of H-pyrrole nitrogens is 1. The number of benzene rings is 1. The zero-order valence-corrected chi connectivity index (χ0v) is 15.6. The van der Waals surface area contributed by atoms with Gasteiger partial charge in [0, 0.05) is 17.5 Å². The molecule has 3 N–H and O–H groups in total. The number of amides is 1. The third-order valence-electron chi connectivity index (χ3n) is 4.28. The van der Waals surface area contributed by atoms with E-state index in [1.54, 1.807) is 50.2 Å². The third-order valence-corrected chi connectivity index (χ3v) is 4.28. The first-order valence-corrected chi connectivity index (χ1v) is 8.47. The molecule has 0 bridgehead atoms. The monoisotopic (exact) mass is 381 g/mol. The first kappa shape index (κ1) is 19.0. The Morgan fingerprint density at radius 1 is 1.11 bits per heavy atom. The Kier molecular flexibility index (Phi) is 4.83. The van der Waals surface area contributed by atoms with Crippen molar-refractivity contribution < 1.29 is 14.7 Å². The van der Waals surface area contributed by atoms with Gasteiger partial charge in [0.05, 0.1) is 0 Å². The lowest BCUT2D eigenvalue weighted by Crippen LogP contribution is -2.49. The van der Waals surface area contributed by atoms with Crippen LogP contribution in [0.15, 0.2) is 47.3 Å². The number of carboxylic acids is 1. The molecule has 2 aromatic heterocycles. The zero-order valence-electron chi connectivity index (χ0n) is 15.6. The van der Waals surface area contributed by atoms with Gasteiger partial charge in [-0.25, -0.2) is 14.8 Å². The fourth-order valence-corrected chi connectivity index (χ4v) is 2.78. The molecule has 9 nitrogen and oxygen atoms in total. The number of nitrogens with zero attached hydrogens (tertiary/aromatic N) is 3. The molecule has 0 aliphatic carbocycles. The molecule has 1 unspecified atom stereocenters. The van der Waals surface area contributed by atoms with Crippen LogP contribution in [0, 0.1) is 13.8 Å². The van der Waals surface area contributed by atoms with Crippen LogP contribution in [0.2, 0.25) is 0 Å². The maximum absolute atomic E-state index is 12.7. The summed E-state index contributed by atoms with van der Waals surface area (Å²) in [7, 11) is 0. The minimum atomic E-state index is -1.67. The molecule has 28 heavy (non-hydrogen) atoms. The Balaban J connectivity index is 1.95. The van der Waals surface area contributed by atoms with E-state index < -0.39 is 23.0 Å². The number of hydrogen-bond acceptors (Lipinski definition) is 5. The molecule has 0 aliphatic heterocycles. The summed E-state index contributed by atoms with van der Waals surface area (Å²) in [6.07, 6.45) is 0. The van der Waals surface area contributed by atoms with Gasteiger partial charge in [0.15, 0.2) is 5.54 Å². The average Bonchev–Trinajstić information content (AvgIpc) is 3.03. The minimum absolute atomic E-state index is 0.101. The molecule has 1 amide bonds. The third kappa shape index (κ3) is 3.54. The smallest absolute Gasteiger partial charge is 0.333 e. The van der Waals surface area contributed by atoms with Crippen molar-refractivity contribution in [3.8, 4) is 5.95 Å². The molecular weight excluding hydrogens is 362 g/mol. The highest BCUT2D eigenvalue weighted by atomic mass is 16.4. The molecule has 3 rings (SSSR count). The quantitative estimate of drug-likeness (QED) is 0.611. The molecule has 0 radical (unpaired) electrons. The number of carbonyl (C=O) groups is 2. The SMILES string of the molecule is Cc1cc(C)nc(-n2[nH]c(C(=O)NC(C)(C(=O)O)c3ccccc3)cc2=O)n1. The van der Waals surface area contributed by atoms with Gasteiger partial charge < -0.3 is 10.4 Å². The molecule has 0 fully saturated rings. The molecule has 9 heteroatoms. The van der Waals surface area contributed by atoms with E-state index >= 15 is 0 Å². The second-order valence-electron chi connectivity index (χ2n) is 6.54. The van der Waals surface area contributed by atoms with Crippen molar-refractivity contribution in [1.82, 2.24) is 25.1 Å². The molecular formula is C19H19N5O4. The first-order chi connectivity index (χ1) is 13.2. The fourth-order valence-electron chi connectivity index (χ4n) is 2.78. The topological polar surface area (TPSA) is 130 Å². The van der Waals surface area contributed by atoms with Crippen LogP contribution >= 0.6 is 0 Å². The number of carbonyl (C=O) groups excluding carboxylic acids is 1. The molecule has 0 aliphatic rings. The van der Waals surface area contributed by atoms with Gasteiger partial charge in [-0.3, -0.25) is 14.7 Å². The maximum Gasteiger partial charge on any atom is 0.333 e. The van der Waals surface area contributed by atoms with E-state index in [9.17, 15) is 19.5 Å². The normalized spacial score (nSPS) is 13.0. The highest BCUT2D eigenvalue weighted by molar-refractivity contribution is 5.96. The standard InChI is InChI=1S/C19H19N5O4/c1-11-9-12(2)21-18(20-11)24-15(25)10-14(23-24)16(26)22-19(3,17(27)28)13-7-5-4-6-8-13/h4-10,23H,1-3H3,(H,22,26)(H,27,28). The number of rotatable bonds is 5. The van der Waals surface area contributed by atoms with Gasteiger partial charge in [-0.1, -0.05) is 30.3 Å². The predicted molar refractivity (Wildman–Crippen MR) is 100 cm³/mol. The number of aryl methyl sites for hydroxylation is 2. The predicted octanol–water partition coefficient (Wildman–Crippen LogP) is 1.30. The summed E-state index contributed by atoms with van der Waals surface area (Å²) in [6, 6.07) is 11.1. The van der Waals surface area contributed by atoms with Crippen molar-refractivity contribution in [1.29, 1.82) is 0 Å². The summed E-state index contributed by atoms with van der Waals surface area (Å²) >= 11 is 0. The van der Waals surface area contributed by atoms with E-state index in [1.165, 1.54) is 6.92 Å². The van der Waals surface area contributed by atoms with E-state index in [-0.39, 0.29) is 11.6 Å². The second-order valence-corrected chi connectivity index (χ2v) is 6.54. The van der Waals surface area contributed by atoms with E-state index in [0.717, 1.165) is 10.7 Å². The van der Waals surface area contributed by atoms with Crippen LogP contribution in [0.4, 0.5) is 0 Å². The maximum atomic E-state index is 12.7. The van der Waals surface area contributed by atoms with E-state index in [4.69, 9.17) is 0 Å².